The average Bonchev–Trinajstić information content (AvgIpc) is 3.19. The molecule has 1 amide bonds. The Morgan fingerprint density at radius 1 is 1.35 bits per heavy atom. The van der Waals surface area contributed by atoms with Crippen molar-refractivity contribution >= 4 is 5.91 Å². The Morgan fingerprint density at radius 3 is 3.00 bits per heavy atom. The molecule has 0 radical (unpaired) electrons. The molecule has 2 aromatic rings. The van der Waals surface area contributed by atoms with Gasteiger partial charge in [-0.3, -0.25) is 9.78 Å². The van der Waals surface area contributed by atoms with Crippen LogP contribution in [0, 0.1) is 5.92 Å². The predicted octanol–water partition coefficient (Wildman–Crippen LogP) is 1.68. The molecule has 5 nitrogen and oxygen atoms in total. The summed E-state index contributed by atoms with van der Waals surface area (Å²) in [6.07, 6.45) is 8.71. The minimum atomic E-state index is 0.133. The molecule has 3 heterocycles. The van der Waals surface area contributed by atoms with Crippen LogP contribution in [0.15, 0.2) is 30.7 Å². The van der Waals surface area contributed by atoms with Gasteiger partial charge in [0.1, 0.15) is 0 Å². The zero-order valence-corrected chi connectivity index (χ0v) is 11.2. The van der Waals surface area contributed by atoms with Gasteiger partial charge in [0.2, 0.25) is 0 Å². The Morgan fingerprint density at radius 2 is 2.25 bits per heavy atom. The molecule has 1 aliphatic carbocycles. The first-order valence-electron chi connectivity index (χ1n) is 7.09. The van der Waals surface area contributed by atoms with Gasteiger partial charge in [-0.2, -0.15) is 5.10 Å². The van der Waals surface area contributed by atoms with E-state index in [0.29, 0.717) is 0 Å². The molecule has 1 saturated carbocycles. The van der Waals surface area contributed by atoms with Crippen molar-refractivity contribution in [1.29, 1.82) is 0 Å². The second kappa shape index (κ2) is 4.44. The Bertz CT molecular complexity index is 645. The molecule has 0 saturated heterocycles. The van der Waals surface area contributed by atoms with Gasteiger partial charge in [0.15, 0.2) is 0 Å². The summed E-state index contributed by atoms with van der Waals surface area (Å²) in [5, 5.41) is 4.53. The summed E-state index contributed by atoms with van der Waals surface area (Å²) in [6.45, 7) is 1.71. The van der Waals surface area contributed by atoms with Gasteiger partial charge in [-0.05, 0) is 30.9 Å². The summed E-state index contributed by atoms with van der Waals surface area (Å²) < 4.78 is 1.76. The van der Waals surface area contributed by atoms with Crippen molar-refractivity contribution in [2.24, 2.45) is 5.92 Å². The molecule has 4 rings (SSSR count). The predicted molar refractivity (Wildman–Crippen MR) is 73.7 cm³/mol. The molecule has 0 atom stereocenters. The highest BCUT2D eigenvalue weighted by Gasteiger charge is 2.32. The summed E-state index contributed by atoms with van der Waals surface area (Å²) in [5.41, 5.74) is 2.55. The first-order valence-corrected chi connectivity index (χ1v) is 7.09. The van der Waals surface area contributed by atoms with Crippen LogP contribution in [0.5, 0.6) is 0 Å². The maximum atomic E-state index is 12.5. The summed E-state index contributed by atoms with van der Waals surface area (Å²) in [6, 6.07) is 3.81. The topological polar surface area (TPSA) is 51.0 Å². The zero-order chi connectivity index (χ0) is 13.5. The van der Waals surface area contributed by atoms with E-state index in [0.717, 1.165) is 42.4 Å². The molecule has 5 heteroatoms. The van der Waals surface area contributed by atoms with Gasteiger partial charge < -0.3 is 4.90 Å². The van der Waals surface area contributed by atoms with Crippen LogP contribution in [0.3, 0.4) is 0 Å². The SMILES string of the molecule is O=C1c2cn(-c3cccnc3)nc2CCN1CC1CC1. The van der Waals surface area contributed by atoms with Crippen LogP contribution in [0.25, 0.3) is 5.69 Å². The fourth-order valence-electron chi connectivity index (χ4n) is 2.69. The molecule has 102 valence electrons. The van der Waals surface area contributed by atoms with E-state index in [9.17, 15) is 4.79 Å². The van der Waals surface area contributed by atoms with Gasteiger partial charge >= 0.3 is 0 Å². The van der Waals surface area contributed by atoms with Crippen molar-refractivity contribution in [3.8, 4) is 5.69 Å². The Hall–Kier alpha value is -2.17. The quantitative estimate of drug-likeness (QED) is 0.851. The number of fused-ring (bicyclic) bond motifs is 1. The molecule has 2 aliphatic rings. The smallest absolute Gasteiger partial charge is 0.257 e. The highest BCUT2D eigenvalue weighted by Crippen LogP contribution is 2.31. The largest absolute Gasteiger partial charge is 0.338 e. The molecule has 0 spiro atoms. The number of hydrogen-bond donors (Lipinski definition) is 0. The molecule has 1 fully saturated rings. The molecule has 0 N–H and O–H groups in total. The van der Waals surface area contributed by atoms with Crippen LogP contribution >= 0.6 is 0 Å². The molecular formula is C15H16N4O. The Balaban J connectivity index is 1.64. The highest BCUT2D eigenvalue weighted by molar-refractivity contribution is 5.96. The van der Waals surface area contributed by atoms with Crippen molar-refractivity contribution in [3.63, 3.8) is 0 Å². The van der Waals surface area contributed by atoms with Gasteiger partial charge in [-0.25, -0.2) is 4.68 Å². The van der Waals surface area contributed by atoms with Gasteiger partial charge in [0.05, 0.1) is 23.1 Å². The van der Waals surface area contributed by atoms with Crippen molar-refractivity contribution in [2.75, 3.05) is 13.1 Å². The van der Waals surface area contributed by atoms with Crippen LogP contribution in [0.1, 0.15) is 28.9 Å². The van der Waals surface area contributed by atoms with Crippen LogP contribution < -0.4 is 0 Å². The van der Waals surface area contributed by atoms with E-state index >= 15 is 0 Å². The van der Waals surface area contributed by atoms with E-state index in [4.69, 9.17) is 0 Å². The van der Waals surface area contributed by atoms with Crippen LogP contribution in [-0.2, 0) is 6.42 Å². The van der Waals surface area contributed by atoms with Crippen molar-refractivity contribution in [1.82, 2.24) is 19.7 Å². The van der Waals surface area contributed by atoms with Crippen LogP contribution in [-0.4, -0.2) is 38.7 Å². The lowest BCUT2D eigenvalue weighted by Gasteiger charge is -2.25. The summed E-state index contributed by atoms with van der Waals surface area (Å²) >= 11 is 0. The van der Waals surface area contributed by atoms with E-state index in [1.165, 1.54) is 12.8 Å². The third-order valence-corrected chi connectivity index (χ3v) is 4.01. The van der Waals surface area contributed by atoms with E-state index in [-0.39, 0.29) is 5.91 Å². The van der Waals surface area contributed by atoms with Gasteiger partial charge in [-0.1, -0.05) is 0 Å². The third-order valence-electron chi connectivity index (χ3n) is 4.01. The third kappa shape index (κ3) is 1.99. The number of amides is 1. The number of pyridine rings is 1. The normalized spacial score (nSPS) is 18.2. The minimum absolute atomic E-state index is 0.133. The fraction of sp³-hybridized carbons (Fsp3) is 0.400. The zero-order valence-electron chi connectivity index (χ0n) is 11.2. The van der Waals surface area contributed by atoms with Crippen molar-refractivity contribution in [2.45, 2.75) is 19.3 Å². The summed E-state index contributed by atoms with van der Waals surface area (Å²) in [5.74, 6) is 0.863. The summed E-state index contributed by atoms with van der Waals surface area (Å²) in [7, 11) is 0. The second-order valence-corrected chi connectivity index (χ2v) is 5.59. The van der Waals surface area contributed by atoms with Crippen molar-refractivity contribution < 1.29 is 4.79 Å². The molecule has 2 aromatic heterocycles. The number of aromatic nitrogens is 3. The fourth-order valence-corrected chi connectivity index (χ4v) is 2.69. The Labute approximate surface area is 117 Å². The van der Waals surface area contributed by atoms with E-state index < -0.39 is 0 Å². The lowest BCUT2D eigenvalue weighted by molar-refractivity contribution is 0.0731. The Kier molecular flexibility index (Phi) is 2.58. The number of nitrogens with zero attached hydrogens (tertiary/aromatic N) is 4. The van der Waals surface area contributed by atoms with Crippen LogP contribution in [0.4, 0.5) is 0 Å². The number of carbonyl (C=O) groups is 1. The van der Waals surface area contributed by atoms with E-state index in [1.807, 2.05) is 23.2 Å². The molecule has 0 unspecified atom stereocenters. The number of rotatable bonds is 3. The monoisotopic (exact) mass is 268 g/mol. The standard InChI is InChI=1S/C15H16N4O/c20-15-13-10-19(12-2-1-6-16-8-12)17-14(13)5-7-18(15)9-11-3-4-11/h1-2,6,8,10-11H,3-5,7,9H2. The lowest BCUT2D eigenvalue weighted by Crippen LogP contribution is -2.38. The molecular weight excluding hydrogens is 252 g/mol. The van der Waals surface area contributed by atoms with Gasteiger partial charge in [-0.15, -0.1) is 0 Å². The lowest BCUT2D eigenvalue weighted by atomic mass is 10.1. The summed E-state index contributed by atoms with van der Waals surface area (Å²) in [4.78, 5) is 18.6. The number of carbonyl (C=O) groups excluding carboxylic acids is 1. The van der Waals surface area contributed by atoms with Crippen LogP contribution in [0.2, 0.25) is 0 Å². The molecule has 1 aliphatic heterocycles. The average molecular weight is 268 g/mol. The first-order chi connectivity index (χ1) is 9.81. The highest BCUT2D eigenvalue weighted by atomic mass is 16.2. The van der Waals surface area contributed by atoms with E-state index in [2.05, 4.69) is 10.1 Å². The second-order valence-electron chi connectivity index (χ2n) is 5.59. The maximum absolute atomic E-state index is 12.5. The maximum Gasteiger partial charge on any atom is 0.257 e. The van der Waals surface area contributed by atoms with E-state index in [1.54, 1.807) is 17.1 Å². The van der Waals surface area contributed by atoms with Crippen molar-refractivity contribution in [3.05, 3.63) is 42.0 Å². The molecule has 0 aromatic carbocycles. The first kappa shape index (κ1) is 11.6. The van der Waals surface area contributed by atoms with Gasteiger partial charge in [0.25, 0.3) is 5.91 Å². The molecule has 0 bridgehead atoms. The van der Waals surface area contributed by atoms with Gasteiger partial charge in [0, 0.05) is 31.9 Å². The minimum Gasteiger partial charge on any atom is -0.338 e. The number of hydrogen-bond acceptors (Lipinski definition) is 3. The molecule has 20 heavy (non-hydrogen) atoms.